The fourth-order valence-corrected chi connectivity index (χ4v) is 5.97. The van der Waals surface area contributed by atoms with Crippen molar-refractivity contribution in [3.05, 3.63) is 51.2 Å². The predicted molar refractivity (Wildman–Crippen MR) is 163 cm³/mol. The van der Waals surface area contributed by atoms with Crippen molar-refractivity contribution in [1.82, 2.24) is 14.0 Å². The Balaban J connectivity index is 1.56. The molecule has 3 rings (SSSR count). The van der Waals surface area contributed by atoms with Crippen molar-refractivity contribution in [2.45, 2.75) is 96.7 Å². The molecule has 2 aromatic rings. The van der Waals surface area contributed by atoms with E-state index in [2.05, 4.69) is 16.7 Å². The van der Waals surface area contributed by atoms with Crippen LogP contribution in [0, 0.1) is 0 Å². The van der Waals surface area contributed by atoms with Crippen LogP contribution in [0.1, 0.15) is 86.2 Å². The van der Waals surface area contributed by atoms with Crippen molar-refractivity contribution in [1.29, 1.82) is 0 Å². The Kier molecular flexibility index (Phi) is 11.2. The molecule has 1 aromatic heterocycles. The molecule has 0 bridgehead atoms. The molecule has 2 heterocycles. The first-order valence-electron chi connectivity index (χ1n) is 14.8. The van der Waals surface area contributed by atoms with E-state index >= 15 is 0 Å². The summed E-state index contributed by atoms with van der Waals surface area (Å²) in [7, 11) is -3.77. The van der Waals surface area contributed by atoms with Crippen LogP contribution in [0.5, 0.6) is 5.75 Å². The summed E-state index contributed by atoms with van der Waals surface area (Å²) in [6.45, 7) is 17.8. The predicted octanol–water partition coefficient (Wildman–Crippen LogP) is 4.44. The second kappa shape index (κ2) is 14.0. The summed E-state index contributed by atoms with van der Waals surface area (Å²) in [4.78, 5) is 30.5. The summed E-state index contributed by atoms with van der Waals surface area (Å²) in [5.74, 6) is 1.29. The average molecular weight is 593 g/mol. The van der Waals surface area contributed by atoms with Gasteiger partial charge in [-0.25, -0.2) is 4.79 Å². The molecule has 1 saturated heterocycles. The third kappa shape index (κ3) is 8.68. The van der Waals surface area contributed by atoms with Gasteiger partial charge in [0.1, 0.15) is 17.2 Å². The Morgan fingerprint density at radius 3 is 2.07 bits per heavy atom. The summed E-state index contributed by atoms with van der Waals surface area (Å²) in [6.07, 6.45) is 3.42. The summed E-state index contributed by atoms with van der Waals surface area (Å²) in [5.41, 5.74) is -0.986. The Bertz CT molecular complexity index is 1350. The second-order valence-corrected chi connectivity index (χ2v) is 13.6. The van der Waals surface area contributed by atoms with E-state index in [1.54, 1.807) is 22.8 Å². The molecule has 0 aliphatic carbocycles. The molecule has 1 aliphatic heterocycles. The maximum absolute atomic E-state index is 13.1. The minimum absolute atomic E-state index is 0.0634. The molecule has 41 heavy (non-hydrogen) atoms. The Hall–Kier alpha value is -2.63. The van der Waals surface area contributed by atoms with Crippen LogP contribution in [0.2, 0.25) is 0 Å². The van der Waals surface area contributed by atoms with Gasteiger partial charge < -0.3 is 9.64 Å². The van der Waals surface area contributed by atoms with Gasteiger partial charge in [-0.2, -0.15) is 8.42 Å². The standard InChI is InChI=1S/C30H48N4O6S/c1-8-9-10-21-39-41(37,38)26-13-11-25(12-14-26)40-30(6,7)15-16-31-17-19-32(20-18-31)27-22-28(35)34(24(4)5)29(36)33(27)23(2)3/h11-14,22-24H,8-10,15-21H2,1-7H3. The topological polar surface area (TPSA) is 103 Å². The van der Waals surface area contributed by atoms with Gasteiger partial charge in [-0.05, 0) is 78.6 Å². The number of benzene rings is 1. The average Bonchev–Trinajstić information content (AvgIpc) is 2.89. The summed E-state index contributed by atoms with van der Waals surface area (Å²) in [5, 5.41) is 0. The number of hydrogen-bond acceptors (Lipinski definition) is 8. The molecule has 1 aliphatic rings. The van der Waals surface area contributed by atoms with Gasteiger partial charge in [0.2, 0.25) is 0 Å². The van der Waals surface area contributed by atoms with Crippen molar-refractivity contribution >= 4 is 15.9 Å². The lowest BCUT2D eigenvalue weighted by Gasteiger charge is -2.38. The SMILES string of the molecule is CCCCCOS(=O)(=O)c1ccc(OC(C)(C)CCN2CCN(c3cc(=O)n(C(C)C)c(=O)n3C(C)C)CC2)cc1. The second-order valence-electron chi connectivity index (χ2n) is 11.9. The summed E-state index contributed by atoms with van der Waals surface area (Å²) < 4.78 is 39.2. The van der Waals surface area contributed by atoms with Crippen LogP contribution in [0.4, 0.5) is 5.82 Å². The monoisotopic (exact) mass is 592 g/mol. The van der Waals surface area contributed by atoms with Gasteiger partial charge >= 0.3 is 5.69 Å². The van der Waals surface area contributed by atoms with Crippen LogP contribution >= 0.6 is 0 Å². The van der Waals surface area contributed by atoms with Gasteiger partial charge in [0, 0.05) is 50.9 Å². The number of piperazine rings is 1. The van der Waals surface area contributed by atoms with Crippen LogP contribution < -0.4 is 20.9 Å². The minimum Gasteiger partial charge on any atom is -0.488 e. The van der Waals surface area contributed by atoms with Crippen LogP contribution in [-0.4, -0.2) is 67.4 Å². The normalized spacial score (nSPS) is 15.2. The fourth-order valence-electron chi connectivity index (χ4n) is 5.02. The Morgan fingerprint density at radius 2 is 1.51 bits per heavy atom. The molecule has 0 spiro atoms. The lowest BCUT2D eigenvalue weighted by molar-refractivity contribution is 0.0820. The van der Waals surface area contributed by atoms with Crippen LogP contribution in [0.3, 0.4) is 0 Å². The molecule has 10 nitrogen and oxygen atoms in total. The third-order valence-electron chi connectivity index (χ3n) is 7.40. The van der Waals surface area contributed by atoms with E-state index in [9.17, 15) is 18.0 Å². The molecular weight excluding hydrogens is 544 g/mol. The molecule has 1 fully saturated rings. The molecule has 0 amide bonds. The maximum Gasteiger partial charge on any atom is 0.333 e. The number of aromatic nitrogens is 2. The zero-order chi connectivity index (χ0) is 30.4. The van der Waals surface area contributed by atoms with Gasteiger partial charge in [-0.15, -0.1) is 0 Å². The number of anilines is 1. The first kappa shape index (κ1) is 32.9. The zero-order valence-electron chi connectivity index (χ0n) is 25.8. The fraction of sp³-hybridized carbons (Fsp3) is 0.667. The molecule has 0 radical (unpaired) electrons. The van der Waals surface area contributed by atoms with E-state index in [0.717, 1.165) is 52.0 Å². The Morgan fingerprint density at radius 1 is 0.902 bits per heavy atom. The zero-order valence-corrected chi connectivity index (χ0v) is 26.6. The molecular formula is C30H48N4O6S. The van der Waals surface area contributed by atoms with Gasteiger partial charge in [0.25, 0.3) is 15.7 Å². The quantitative estimate of drug-likeness (QED) is 0.234. The number of nitrogens with zero attached hydrogens (tertiary/aromatic N) is 4. The maximum atomic E-state index is 13.1. The summed E-state index contributed by atoms with van der Waals surface area (Å²) >= 11 is 0. The van der Waals surface area contributed by atoms with Gasteiger partial charge in [-0.3, -0.25) is 23.0 Å². The molecule has 0 unspecified atom stereocenters. The molecule has 0 saturated carbocycles. The molecule has 1 aromatic carbocycles. The van der Waals surface area contributed by atoms with Gasteiger partial charge in [0.15, 0.2) is 0 Å². The first-order chi connectivity index (χ1) is 19.3. The highest BCUT2D eigenvalue weighted by Crippen LogP contribution is 2.25. The number of ether oxygens (including phenoxy) is 1. The minimum atomic E-state index is -3.77. The molecule has 0 N–H and O–H groups in total. The van der Waals surface area contributed by atoms with Gasteiger partial charge in [-0.1, -0.05) is 19.8 Å². The van der Waals surface area contributed by atoms with E-state index in [1.165, 1.54) is 16.7 Å². The highest BCUT2D eigenvalue weighted by molar-refractivity contribution is 7.86. The van der Waals surface area contributed by atoms with E-state index in [4.69, 9.17) is 8.92 Å². The highest BCUT2D eigenvalue weighted by atomic mass is 32.2. The van der Waals surface area contributed by atoms with E-state index < -0.39 is 15.7 Å². The Labute approximate surface area is 245 Å². The lowest BCUT2D eigenvalue weighted by Crippen LogP contribution is -2.51. The third-order valence-corrected chi connectivity index (χ3v) is 8.73. The van der Waals surface area contributed by atoms with Crippen LogP contribution in [0.15, 0.2) is 44.8 Å². The van der Waals surface area contributed by atoms with E-state index in [0.29, 0.717) is 18.0 Å². The van der Waals surface area contributed by atoms with Crippen LogP contribution in [-0.2, 0) is 14.3 Å². The molecule has 230 valence electrons. The first-order valence-corrected chi connectivity index (χ1v) is 16.2. The van der Waals surface area contributed by atoms with E-state index in [-0.39, 0.29) is 34.8 Å². The van der Waals surface area contributed by atoms with Crippen molar-refractivity contribution in [2.75, 3.05) is 44.2 Å². The van der Waals surface area contributed by atoms with E-state index in [1.807, 2.05) is 41.5 Å². The largest absolute Gasteiger partial charge is 0.488 e. The summed E-state index contributed by atoms with van der Waals surface area (Å²) in [6, 6.07) is 7.73. The van der Waals surface area contributed by atoms with Crippen molar-refractivity contribution in [3.63, 3.8) is 0 Å². The van der Waals surface area contributed by atoms with Gasteiger partial charge in [0.05, 0.1) is 11.5 Å². The molecule has 0 atom stereocenters. The van der Waals surface area contributed by atoms with Crippen molar-refractivity contribution in [3.8, 4) is 5.75 Å². The number of unbranched alkanes of at least 4 members (excludes halogenated alkanes) is 2. The highest BCUT2D eigenvalue weighted by Gasteiger charge is 2.26. The van der Waals surface area contributed by atoms with Crippen molar-refractivity contribution < 1.29 is 17.3 Å². The van der Waals surface area contributed by atoms with Crippen LogP contribution in [0.25, 0.3) is 0 Å². The lowest BCUT2D eigenvalue weighted by atomic mass is 10.0. The smallest absolute Gasteiger partial charge is 0.333 e. The molecule has 11 heteroatoms. The number of hydrogen-bond donors (Lipinski definition) is 0. The number of rotatable bonds is 14. The van der Waals surface area contributed by atoms with Crippen molar-refractivity contribution in [2.24, 2.45) is 0 Å².